The Hall–Kier alpha value is -3.93. The van der Waals surface area contributed by atoms with Crippen molar-refractivity contribution in [3.8, 4) is 0 Å². The molecule has 7 nitrogen and oxygen atoms in total. The fourth-order valence-electron chi connectivity index (χ4n) is 5.09. The van der Waals surface area contributed by atoms with Crippen molar-refractivity contribution in [2.45, 2.75) is 31.5 Å². The van der Waals surface area contributed by atoms with Crippen LogP contribution in [0.1, 0.15) is 23.6 Å². The fraction of sp³-hybridized carbons (Fsp3) is 0.280. The van der Waals surface area contributed by atoms with E-state index >= 15 is 0 Å². The van der Waals surface area contributed by atoms with Gasteiger partial charge in [0.2, 0.25) is 0 Å². The first kappa shape index (κ1) is 24.8. The van der Waals surface area contributed by atoms with Crippen molar-refractivity contribution < 1.29 is 41.8 Å². The van der Waals surface area contributed by atoms with Gasteiger partial charge < -0.3 is 25.3 Å². The molecule has 5 rings (SSSR count). The van der Waals surface area contributed by atoms with Crippen LogP contribution in [0.5, 0.6) is 0 Å². The average molecular weight is 521 g/mol. The predicted octanol–water partition coefficient (Wildman–Crippen LogP) is 2.64. The molecule has 0 aliphatic carbocycles. The summed E-state index contributed by atoms with van der Waals surface area (Å²) in [6.07, 6.45) is -0.671. The van der Waals surface area contributed by atoms with E-state index in [9.17, 15) is 41.8 Å². The van der Waals surface area contributed by atoms with E-state index in [1.807, 2.05) is 0 Å². The Kier molecular flexibility index (Phi) is 5.74. The zero-order valence-electron chi connectivity index (χ0n) is 19.3. The first-order valence-electron chi connectivity index (χ1n) is 11.2. The molecule has 1 saturated heterocycles. The minimum absolute atomic E-state index is 0.00577. The van der Waals surface area contributed by atoms with Crippen molar-refractivity contribution in [1.29, 1.82) is 0 Å². The number of hydrogen-bond acceptors (Lipinski definition) is 5. The second-order valence-corrected chi connectivity index (χ2v) is 9.30. The summed E-state index contributed by atoms with van der Waals surface area (Å²) >= 11 is 0. The van der Waals surface area contributed by atoms with Gasteiger partial charge in [0, 0.05) is 43.5 Å². The van der Waals surface area contributed by atoms with Gasteiger partial charge in [0.05, 0.1) is 11.1 Å². The molecule has 0 spiro atoms. The molecule has 2 bridgehead atoms. The number of nitrogens with zero attached hydrogens (tertiary/aromatic N) is 2. The van der Waals surface area contributed by atoms with Crippen LogP contribution in [0.3, 0.4) is 0 Å². The number of benzene rings is 2. The molecule has 37 heavy (non-hydrogen) atoms. The number of carbonyl (C=O) groups is 2. The lowest BCUT2D eigenvalue weighted by atomic mass is 9.83. The highest BCUT2D eigenvalue weighted by Crippen LogP contribution is 2.45. The van der Waals surface area contributed by atoms with Crippen LogP contribution in [0.15, 0.2) is 47.5 Å². The van der Waals surface area contributed by atoms with Crippen LogP contribution in [-0.4, -0.2) is 51.0 Å². The SMILES string of the molecule is C[C@@]12CN(CCc3cc(F)c(F)cc31)C(=O)C1=C(O)C(O)C(C(=O)NCc3c(F)cc(F)cc3F)=CN12. The van der Waals surface area contributed by atoms with Gasteiger partial charge in [-0.1, -0.05) is 0 Å². The number of rotatable bonds is 3. The van der Waals surface area contributed by atoms with Crippen molar-refractivity contribution in [1.82, 2.24) is 15.1 Å². The molecule has 0 aromatic heterocycles. The molecule has 12 heteroatoms. The maximum atomic E-state index is 14.3. The lowest BCUT2D eigenvalue weighted by molar-refractivity contribution is -0.136. The van der Waals surface area contributed by atoms with Gasteiger partial charge in [0.15, 0.2) is 17.4 Å². The van der Waals surface area contributed by atoms with Crippen molar-refractivity contribution in [3.05, 3.63) is 93.3 Å². The van der Waals surface area contributed by atoms with E-state index in [2.05, 4.69) is 5.32 Å². The van der Waals surface area contributed by atoms with Crippen molar-refractivity contribution >= 4 is 11.8 Å². The first-order valence-corrected chi connectivity index (χ1v) is 11.2. The van der Waals surface area contributed by atoms with Crippen LogP contribution >= 0.6 is 0 Å². The van der Waals surface area contributed by atoms with E-state index in [4.69, 9.17) is 0 Å². The van der Waals surface area contributed by atoms with Gasteiger partial charge in [-0.05, 0) is 36.6 Å². The van der Waals surface area contributed by atoms with Crippen molar-refractivity contribution in [3.63, 3.8) is 0 Å². The quantitative estimate of drug-likeness (QED) is 0.541. The summed E-state index contributed by atoms with van der Waals surface area (Å²) in [5.74, 6) is -8.35. The zero-order valence-corrected chi connectivity index (χ0v) is 19.3. The third kappa shape index (κ3) is 3.82. The van der Waals surface area contributed by atoms with Gasteiger partial charge in [-0.15, -0.1) is 0 Å². The van der Waals surface area contributed by atoms with Crippen LogP contribution in [0, 0.1) is 29.1 Å². The van der Waals surface area contributed by atoms with Gasteiger partial charge >= 0.3 is 0 Å². The molecule has 2 aromatic rings. The van der Waals surface area contributed by atoms with Gasteiger partial charge in [-0.25, -0.2) is 22.0 Å². The molecule has 1 fully saturated rings. The Labute approximate surface area is 207 Å². The molecule has 2 aromatic carbocycles. The van der Waals surface area contributed by atoms with E-state index in [0.717, 1.165) is 18.3 Å². The number of hydrogen-bond donors (Lipinski definition) is 3. The molecule has 2 atom stereocenters. The zero-order chi connectivity index (χ0) is 26.8. The normalized spacial score (nSPS) is 22.8. The molecule has 0 radical (unpaired) electrons. The number of amides is 2. The van der Waals surface area contributed by atoms with Crippen molar-refractivity contribution in [2.75, 3.05) is 13.1 Å². The smallest absolute Gasteiger partial charge is 0.274 e. The summed E-state index contributed by atoms with van der Waals surface area (Å²) in [7, 11) is 0. The molecule has 0 saturated carbocycles. The number of aliphatic hydroxyl groups excluding tert-OH is 2. The molecule has 1 unspecified atom stereocenters. The van der Waals surface area contributed by atoms with E-state index in [-0.39, 0.29) is 25.2 Å². The summed E-state index contributed by atoms with van der Waals surface area (Å²) in [6, 6.07) is 2.92. The summed E-state index contributed by atoms with van der Waals surface area (Å²) in [6.45, 7) is 1.02. The molecule has 194 valence electrons. The number of fused-ring (bicyclic) bond motifs is 6. The highest BCUT2D eigenvalue weighted by atomic mass is 19.2. The van der Waals surface area contributed by atoms with Crippen LogP contribution in [0.2, 0.25) is 0 Å². The third-order valence-corrected chi connectivity index (χ3v) is 7.00. The monoisotopic (exact) mass is 521 g/mol. The summed E-state index contributed by atoms with van der Waals surface area (Å²) in [4.78, 5) is 28.7. The number of piperazine rings is 1. The van der Waals surface area contributed by atoms with E-state index in [0.29, 0.717) is 23.3 Å². The number of carbonyl (C=O) groups excluding carboxylic acids is 2. The second-order valence-electron chi connectivity index (χ2n) is 9.30. The number of halogens is 5. The Balaban J connectivity index is 1.55. The predicted molar refractivity (Wildman–Crippen MR) is 118 cm³/mol. The fourth-order valence-corrected chi connectivity index (χ4v) is 5.09. The molecule has 3 aliphatic rings. The Morgan fingerprint density at radius 2 is 1.73 bits per heavy atom. The van der Waals surface area contributed by atoms with E-state index < -0.39 is 76.0 Å². The third-order valence-electron chi connectivity index (χ3n) is 7.00. The second kappa shape index (κ2) is 8.58. The van der Waals surface area contributed by atoms with Gasteiger partial charge in [-0.3, -0.25) is 9.59 Å². The van der Waals surface area contributed by atoms with Crippen molar-refractivity contribution in [2.24, 2.45) is 0 Å². The number of aliphatic hydroxyl groups is 2. The first-order chi connectivity index (χ1) is 17.4. The van der Waals surface area contributed by atoms with E-state index in [1.54, 1.807) is 6.92 Å². The molecular weight excluding hydrogens is 501 g/mol. The molecular formula is C25H20F5N3O4. The van der Waals surface area contributed by atoms with Gasteiger partial charge in [0.25, 0.3) is 11.8 Å². The van der Waals surface area contributed by atoms with Crippen LogP contribution in [-0.2, 0) is 28.1 Å². The van der Waals surface area contributed by atoms with E-state index in [1.165, 1.54) is 9.80 Å². The standard InChI is InChI=1S/C25H20F5N3O4/c1-25-10-32(3-2-11-4-18(29)19(30)7-15(11)25)24(37)20-22(35)21(34)14(9-33(20)25)23(36)31-8-13-16(27)5-12(26)6-17(13)28/h4-7,9,21,34-35H,2-3,8,10H2,1H3,(H,31,36)/t21?,25-/m1/s1. The van der Waals surface area contributed by atoms with Crippen LogP contribution in [0.25, 0.3) is 0 Å². The molecule has 3 aliphatic heterocycles. The summed E-state index contributed by atoms with van der Waals surface area (Å²) in [5.41, 5.74) is -1.99. The highest BCUT2D eigenvalue weighted by molar-refractivity contribution is 5.99. The minimum Gasteiger partial charge on any atom is -0.507 e. The Morgan fingerprint density at radius 1 is 1.08 bits per heavy atom. The number of nitrogens with one attached hydrogen (secondary N) is 1. The molecule has 2 amide bonds. The Bertz CT molecular complexity index is 1400. The van der Waals surface area contributed by atoms with Crippen LogP contribution in [0.4, 0.5) is 22.0 Å². The van der Waals surface area contributed by atoms with Gasteiger partial charge in [-0.2, -0.15) is 0 Å². The lowest BCUT2D eigenvalue weighted by Gasteiger charge is -2.50. The maximum Gasteiger partial charge on any atom is 0.274 e. The molecule has 3 heterocycles. The minimum atomic E-state index is -1.97. The van der Waals surface area contributed by atoms with Gasteiger partial charge in [0.1, 0.15) is 29.3 Å². The summed E-state index contributed by atoms with van der Waals surface area (Å²) in [5, 5.41) is 23.7. The Morgan fingerprint density at radius 3 is 2.41 bits per heavy atom. The highest BCUT2D eigenvalue weighted by Gasteiger charge is 2.51. The van der Waals surface area contributed by atoms with Crippen LogP contribution < -0.4 is 5.32 Å². The lowest BCUT2D eigenvalue weighted by Crippen LogP contribution is -2.59. The topological polar surface area (TPSA) is 93.1 Å². The summed E-state index contributed by atoms with van der Waals surface area (Å²) < 4.78 is 69.5. The molecule has 3 N–H and O–H groups in total. The largest absolute Gasteiger partial charge is 0.507 e. The maximum absolute atomic E-state index is 14.3. The average Bonchev–Trinajstić information content (AvgIpc) is 2.95.